The van der Waals surface area contributed by atoms with Crippen LogP contribution in [0.5, 0.6) is 0 Å². The second kappa shape index (κ2) is 5.84. The maximum Gasteiger partial charge on any atom is 0.103 e. The molecule has 19 heavy (non-hydrogen) atoms. The number of aryl methyl sites for hydroxylation is 1. The van der Waals surface area contributed by atoms with Crippen LogP contribution < -0.4 is 5.32 Å². The van der Waals surface area contributed by atoms with E-state index in [0.29, 0.717) is 0 Å². The zero-order valence-electron chi connectivity index (χ0n) is 11.7. The molecular weight excluding hydrogens is 304 g/mol. The minimum atomic E-state index is 0.218. The van der Waals surface area contributed by atoms with Crippen LogP contribution >= 0.6 is 15.9 Å². The molecule has 1 unspecified atom stereocenters. The molecule has 0 spiro atoms. The summed E-state index contributed by atoms with van der Waals surface area (Å²) in [5.41, 5.74) is 4.31. The van der Waals surface area contributed by atoms with Gasteiger partial charge in [-0.15, -0.1) is 5.10 Å². The normalized spacial score (nSPS) is 12.7. The van der Waals surface area contributed by atoms with E-state index in [4.69, 9.17) is 0 Å². The maximum absolute atomic E-state index is 4.30. The second-order valence-electron chi connectivity index (χ2n) is 4.68. The molecule has 2 rings (SSSR count). The summed E-state index contributed by atoms with van der Waals surface area (Å²) in [5.74, 6) is 0. The molecule has 0 bridgehead atoms. The number of nitrogens with zero attached hydrogens (tertiary/aromatic N) is 3. The van der Waals surface area contributed by atoms with Crippen LogP contribution in [-0.4, -0.2) is 21.5 Å². The lowest BCUT2D eigenvalue weighted by Crippen LogP contribution is -2.19. The Balaban J connectivity index is 2.38. The van der Waals surface area contributed by atoms with E-state index in [-0.39, 0.29) is 6.04 Å². The average Bonchev–Trinajstić information content (AvgIpc) is 2.75. The van der Waals surface area contributed by atoms with Crippen LogP contribution in [0.3, 0.4) is 0 Å². The predicted octanol–water partition coefficient (Wildman–Crippen LogP) is 3.32. The molecule has 0 amide bonds. The number of hydrogen-bond donors (Lipinski definition) is 1. The van der Waals surface area contributed by atoms with Gasteiger partial charge in [-0.05, 0) is 51.1 Å². The molecule has 0 aliphatic heterocycles. The van der Waals surface area contributed by atoms with Crippen LogP contribution in [0.1, 0.15) is 36.8 Å². The van der Waals surface area contributed by atoms with Crippen molar-refractivity contribution in [3.8, 4) is 5.69 Å². The van der Waals surface area contributed by atoms with Crippen molar-refractivity contribution < 1.29 is 0 Å². The highest BCUT2D eigenvalue weighted by Crippen LogP contribution is 2.22. The molecule has 0 saturated heterocycles. The highest BCUT2D eigenvalue weighted by molar-refractivity contribution is 9.10. The highest BCUT2D eigenvalue weighted by Gasteiger charge is 2.15. The summed E-state index contributed by atoms with van der Waals surface area (Å²) < 4.78 is 3.00. The quantitative estimate of drug-likeness (QED) is 0.939. The minimum absolute atomic E-state index is 0.218. The molecule has 1 N–H and O–H groups in total. The van der Waals surface area contributed by atoms with E-state index in [9.17, 15) is 0 Å². The fourth-order valence-electron chi connectivity index (χ4n) is 2.15. The first-order chi connectivity index (χ1) is 9.04. The monoisotopic (exact) mass is 322 g/mol. The molecule has 4 nitrogen and oxygen atoms in total. The van der Waals surface area contributed by atoms with E-state index < -0.39 is 0 Å². The molecule has 0 fully saturated rings. The Morgan fingerprint density at radius 1 is 1.37 bits per heavy atom. The Hall–Kier alpha value is -1.20. The van der Waals surface area contributed by atoms with Gasteiger partial charge in [0.25, 0.3) is 0 Å². The van der Waals surface area contributed by atoms with Crippen molar-refractivity contribution in [2.24, 2.45) is 0 Å². The molecule has 1 aromatic carbocycles. The van der Waals surface area contributed by atoms with Gasteiger partial charge < -0.3 is 5.32 Å². The summed E-state index contributed by atoms with van der Waals surface area (Å²) in [6.45, 7) is 9.25. The second-order valence-corrected chi connectivity index (χ2v) is 5.54. The van der Waals surface area contributed by atoms with Crippen molar-refractivity contribution in [3.05, 3.63) is 39.6 Å². The maximum atomic E-state index is 4.30. The van der Waals surface area contributed by atoms with Gasteiger partial charge >= 0.3 is 0 Å². The van der Waals surface area contributed by atoms with Crippen LogP contribution in [-0.2, 0) is 0 Å². The van der Waals surface area contributed by atoms with Gasteiger partial charge in [0.15, 0.2) is 0 Å². The Labute approximate surface area is 122 Å². The Morgan fingerprint density at radius 3 is 2.74 bits per heavy atom. The summed E-state index contributed by atoms with van der Waals surface area (Å²) >= 11 is 3.51. The largest absolute Gasteiger partial charge is 0.309 e. The lowest BCUT2D eigenvalue weighted by atomic mass is 10.2. The highest BCUT2D eigenvalue weighted by atomic mass is 79.9. The van der Waals surface area contributed by atoms with Gasteiger partial charge in [0.1, 0.15) is 5.69 Å². The molecule has 0 saturated carbocycles. The van der Waals surface area contributed by atoms with Crippen molar-refractivity contribution in [2.45, 2.75) is 33.7 Å². The summed E-state index contributed by atoms with van der Waals surface area (Å²) in [6.07, 6.45) is 0. The van der Waals surface area contributed by atoms with Gasteiger partial charge in [-0.3, -0.25) is 0 Å². The molecule has 2 aromatic rings. The third-order valence-corrected chi connectivity index (χ3v) is 4.13. The number of rotatable bonds is 4. The van der Waals surface area contributed by atoms with Gasteiger partial charge in [0, 0.05) is 4.47 Å². The van der Waals surface area contributed by atoms with E-state index in [0.717, 1.165) is 28.1 Å². The predicted molar refractivity (Wildman–Crippen MR) is 80.6 cm³/mol. The SMILES string of the molecule is CCNC(C)c1nnn(-c2ccc(Br)c(C)c2)c1C. The van der Waals surface area contributed by atoms with Crippen LogP contribution in [0.15, 0.2) is 22.7 Å². The van der Waals surface area contributed by atoms with Gasteiger partial charge in [-0.25, -0.2) is 4.68 Å². The fourth-order valence-corrected chi connectivity index (χ4v) is 2.40. The first-order valence-electron chi connectivity index (χ1n) is 6.46. The van der Waals surface area contributed by atoms with Crippen LogP contribution in [0, 0.1) is 13.8 Å². The smallest absolute Gasteiger partial charge is 0.103 e. The Morgan fingerprint density at radius 2 is 2.11 bits per heavy atom. The molecule has 1 heterocycles. The zero-order chi connectivity index (χ0) is 14.0. The summed E-state index contributed by atoms with van der Waals surface area (Å²) in [7, 11) is 0. The molecule has 0 aliphatic carbocycles. The van der Waals surface area contributed by atoms with E-state index in [1.807, 2.05) is 16.8 Å². The molecule has 0 aliphatic rings. The molecule has 1 atom stereocenters. The van der Waals surface area contributed by atoms with Gasteiger partial charge in [0.05, 0.1) is 17.4 Å². The topological polar surface area (TPSA) is 42.7 Å². The number of nitrogens with one attached hydrogen (secondary N) is 1. The first kappa shape index (κ1) is 14.2. The zero-order valence-corrected chi connectivity index (χ0v) is 13.3. The number of benzene rings is 1. The molecular formula is C14H19BrN4. The molecule has 0 radical (unpaired) electrons. The Kier molecular flexibility index (Phi) is 4.37. The molecule has 1 aromatic heterocycles. The van der Waals surface area contributed by atoms with E-state index in [1.165, 1.54) is 5.56 Å². The third-order valence-electron chi connectivity index (χ3n) is 3.24. The molecule has 5 heteroatoms. The van der Waals surface area contributed by atoms with Crippen molar-refractivity contribution >= 4 is 15.9 Å². The van der Waals surface area contributed by atoms with Crippen LogP contribution in [0.2, 0.25) is 0 Å². The number of hydrogen-bond acceptors (Lipinski definition) is 3. The number of aromatic nitrogens is 3. The molecule has 102 valence electrons. The first-order valence-corrected chi connectivity index (χ1v) is 7.26. The van der Waals surface area contributed by atoms with Crippen LogP contribution in [0.4, 0.5) is 0 Å². The van der Waals surface area contributed by atoms with Crippen molar-refractivity contribution in [2.75, 3.05) is 6.54 Å². The van der Waals surface area contributed by atoms with Crippen LogP contribution in [0.25, 0.3) is 5.69 Å². The van der Waals surface area contributed by atoms with Crippen molar-refractivity contribution in [1.29, 1.82) is 0 Å². The fraction of sp³-hybridized carbons (Fsp3) is 0.429. The van der Waals surface area contributed by atoms with E-state index in [1.54, 1.807) is 0 Å². The average molecular weight is 323 g/mol. The number of halogens is 1. The lowest BCUT2D eigenvalue weighted by Gasteiger charge is -2.10. The summed E-state index contributed by atoms with van der Waals surface area (Å²) in [5, 5.41) is 11.9. The lowest BCUT2D eigenvalue weighted by molar-refractivity contribution is 0.579. The van der Waals surface area contributed by atoms with Gasteiger partial charge in [-0.2, -0.15) is 0 Å². The standard InChI is InChI=1S/C14H19BrN4/c1-5-16-10(3)14-11(4)19(18-17-14)12-6-7-13(15)9(2)8-12/h6-8,10,16H,5H2,1-4H3. The van der Waals surface area contributed by atoms with E-state index in [2.05, 4.69) is 65.3 Å². The minimum Gasteiger partial charge on any atom is -0.309 e. The van der Waals surface area contributed by atoms with E-state index >= 15 is 0 Å². The van der Waals surface area contributed by atoms with Crippen molar-refractivity contribution in [1.82, 2.24) is 20.3 Å². The van der Waals surface area contributed by atoms with Crippen molar-refractivity contribution in [3.63, 3.8) is 0 Å². The third kappa shape index (κ3) is 2.87. The van der Waals surface area contributed by atoms with Gasteiger partial charge in [0.2, 0.25) is 0 Å². The summed E-state index contributed by atoms with van der Waals surface area (Å²) in [6, 6.07) is 6.41. The Bertz CT molecular complexity index is 577. The van der Waals surface area contributed by atoms with Gasteiger partial charge in [-0.1, -0.05) is 28.1 Å². The summed E-state index contributed by atoms with van der Waals surface area (Å²) in [4.78, 5) is 0.